The van der Waals surface area contributed by atoms with Crippen LogP contribution in [-0.2, 0) is 12.8 Å². The smallest absolute Gasteiger partial charge is 0.319 e. The molecule has 0 spiro atoms. The van der Waals surface area contributed by atoms with Gasteiger partial charge in [-0.1, -0.05) is 0 Å². The predicted octanol–water partition coefficient (Wildman–Crippen LogP) is 3.77. The number of aromatic hydroxyl groups is 1. The monoisotopic (exact) mass is 403 g/mol. The summed E-state index contributed by atoms with van der Waals surface area (Å²) in [7, 11) is 0. The van der Waals surface area contributed by atoms with Gasteiger partial charge in [-0.25, -0.2) is 15.0 Å². The average molecular weight is 403 g/mol. The van der Waals surface area contributed by atoms with Crippen molar-refractivity contribution in [3.63, 3.8) is 0 Å². The molecule has 1 aliphatic carbocycles. The van der Waals surface area contributed by atoms with Gasteiger partial charge < -0.3 is 5.11 Å². The van der Waals surface area contributed by atoms with E-state index in [1.165, 1.54) is 0 Å². The van der Waals surface area contributed by atoms with Gasteiger partial charge in [0.2, 0.25) is 5.75 Å². The zero-order valence-corrected chi connectivity index (χ0v) is 15.6. The molecule has 3 heterocycles. The van der Waals surface area contributed by atoms with E-state index in [4.69, 9.17) is 0 Å². The number of phenols is 1. The van der Waals surface area contributed by atoms with Crippen LogP contribution in [0.3, 0.4) is 0 Å². The third-order valence-electron chi connectivity index (χ3n) is 5.28. The van der Waals surface area contributed by atoms with Gasteiger partial charge in [-0.15, -0.1) is 0 Å². The summed E-state index contributed by atoms with van der Waals surface area (Å²) in [5, 5.41) is 34.1. The summed E-state index contributed by atoms with van der Waals surface area (Å²) in [6.07, 6.45) is 2.95. The molecular weight excluding hydrogens is 390 g/mol. The van der Waals surface area contributed by atoms with Crippen LogP contribution in [0.4, 0.5) is 11.4 Å². The minimum atomic E-state index is -0.866. The number of pyridine rings is 3. The van der Waals surface area contributed by atoms with Crippen LogP contribution >= 0.6 is 0 Å². The van der Waals surface area contributed by atoms with Gasteiger partial charge in [0.25, 0.3) is 5.69 Å². The van der Waals surface area contributed by atoms with E-state index in [9.17, 15) is 25.3 Å². The number of phenolic OH excluding ortho intramolecular Hbond substituents is 1. The van der Waals surface area contributed by atoms with Crippen molar-refractivity contribution >= 4 is 33.3 Å². The summed E-state index contributed by atoms with van der Waals surface area (Å²) in [6, 6.07) is 6.30. The molecule has 10 nitrogen and oxygen atoms in total. The molecular formula is C20H13N5O5. The van der Waals surface area contributed by atoms with E-state index in [1.807, 2.05) is 19.1 Å². The fourth-order valence-electron chi connectivity index (χ4n) is 3.90. The normalized spacial score (nSPS) is 12.6. The maximum atomic E-state index is 11.5. The number of hydrogen-bond donors (Lipinski definition) is 1. The van der Waals surface area contributed by atoms with Crippen LogP contribution in [0, 0.1) is 27.2 Å². The lowest BCUT2D eigenvalue weighted by molar-refractivity contribution is -0.393. The van der Waals surface area contributed by atoms with Gasteiger partial charge in [0.15, 0.2) is 5.65 Å². The standard InChI is InChI=1S/C20H13N5O5/c1-9-4-12-5-10-2-3-11-6-13-14(24(27)28)7-15(25(29)30)19(26)18(13)22-16(11)17(10)23-20(12)21-8-9/h4-8,26H,2-3H2,1H3. The predicted molar refractivity (Wildman–Crippen MR) is 107 cm³/mol. The fraction of sp³-hybridized carbons (Fsp3) is 0.150. The molecule has 0 atom stereocenters. The maximum absolute atomic E-state index is 11.5. The van der Waals surface area contributed by atoms with Crippen molar-refractivity contribution in [1.82, 2.24) is 15.0 Å². The second-order valence-electron chi connectivity index (χ2n) is 7.23. The first-order valence-corrected chi connectivity index (χ1v) is 9.08. The Labute approximate surface area is 168 Å². The number of nitro groups is 2. The highest BCUT2D eigenvalue weighted by molar-refractivity contribution is 5.98. The number of aromatic nitrogens is 3. The molecule has 148 valence electrons. The van der Waals surface area contributed by atoms with Gasteiger partial charge in [0.1, 0.15) is 5.52 Å². The lowest BCUT2D eigenvalue weighted by Crippen LogP contribution is -2.09. The molecule has 0 amide bonds. The quantitative estimate of drug-likeness (QED) is 0.393. The van der Waals surface area contributed by atoms with Gasteiger partial charge >= 0.3 is 5.69 Å². The number of nitrogens with zero attached hydrogens (tertiary/aromatic N) is 5. The SMILES string of the molecule is Cc1cnc2nc3c(cc2c1)CCc1cc2c([N+](=O)[O-])cc([N+](=O)[O-])c(O)c2nc1-3. The number of non-ortho nitro benzene ring substituents is 1. The van der Waals surface area contributed by atoms with Crippen LogP contribution in [-0.4, -0.2) is 29.9 Å². The summed E-state index contributed by atoms with van der Waals surface area (Å²) in [4.78, 5) is 34.6. The molecule has 0 saturated heterocycles. The van der Waals surface area contributed by atoms with Gasteiger partial charge in [0.05, 0.1) is 32.7 Å². The third-order valence-corrected chi connectivity index (χ3v) is 5.28. The van der Waals surface area contributed by atoms with Crippen molar-refractivity contribution in [2.45, 2.75) is 19.8 Å². The van der Waals surface area contributed by atoms with Crippen LogP contribution < -0.4 is 0 Å². The second-order valence-corrected chi connectivity index (χ2v) is 7.23. The van der Waals surface area contributed by atoms with Gasteiger partial charge in [-0.05, 0) is 54.7 Å². The highest BCUT2D eigenvalue weighted by atomic mass is 16.6. The van der Waals surface area contributed by atoms with Gasteiger partial charge in [-0.2, -0.15) is 0 Å². The molecule has 0 fully saturated rings. The Kier molecular flexibility index (Phi) is 3.66. The van der Waals surface area contributed by atoms with E-state index in [1.54, 1.807) is 12.3 Å². The van der Waals surface area contributed by atoms with Gasteiger partial charge in [-0.3, -0.25) is 20.2 Å². The van der Waals surface area contributed by atoms with Crippen LogP contribution in [0.5, 0.6) is 5.75 Å². The Balaban J connectivity index is 1.84. The molecule has 1 aromatic carbocycles. The Hall–Kier alpha value is -4.21. The first-order chi connectivity index (χ1) is 14.3. The summed E-state index contributed by atoms with van der Waals surface area (Å²) in [6.45, 7) is 1.94. The fourth-order valence-corrected chi connectivity index (χ4v) is 3.90. The lowest BCUT2D eigenvalue weighted by Gasteiger charge is -2.19. The Morgan fingerprint density at radius 3 is 2.30 bits per heavy atom. The van der Waals surface area contributed by atoms with E-state index in [0.29, 0.717) is 29.9 Å². The van der Waals surface area contributed by atoms with Crippen molar-refractivity contribution in [1.29, 1.82) is 0 Å². The van der Waals surface area contributed by atoms with Crippen molar-refractivity contribution in [2.24, 2.45) is 0 Å². The lowest BCUT2D eigenvalue weighted by atomic mass is 9.90. The molecule has 1 aliphatic rings. The first-order valence-electron chi connectivity index (χ1n) is 9.08. The molecule has 0 bridgehead atoms. The zero-order chi connectivity index (χ0) is 21.2. The van der Waals surface area contributed by atoms with E-state index in [0.717, 1.165) is 28.1 Å². The van der Waals surface area contributed by atoms with E-state index >= 15 is 0 Å². The molecule has 30 heavy (non-hydrogen) atoms. The van der Waals surface area contributed by atoms with Crippen molar-refractivity contribution in [3.05, 3.63) is 67.4 Å². The minimum absolute atomic E-state index is 0.0554. The largest absolute Gasteiger partial charge is 0.501 e. The average Bonchev–Trinajstić information content (AvgIpc) is 2.71. The molecule has 0 radical (unpaired) electrons. The van der Waals surface area contributed by atoms with Crippen LogP contribution in [0.1, 0.15) is 16.7 Å². The summed E-state index contributed by atoms with van der Waals surface area (Å²) < 4.78 is 0. The Bertz CT molecular complexity index is 1430. The Morgan fingerprint density at radius 1 is 0.933 bits per heavy atom. The van der Waals surface area contributed by atoms with Crippen molar-refractivity contribution in [3.8, 4) is 17.1 Å². The molecule has 0 aliphatic heterocycles. The molecule has 5 rings (SSSR count). The molecule has 4 aromatic rings. The van der Waals surface area contributed by atoms with Crippen molar-refractivity contribution in [2.75, 3.05) is 0 Å². The van der Waals surface area contributed by atoms with Crippen LogP contribution in [0.2, 0.25) is 0 Å². The second kappa shape index (κ2) is 6.14. The molecule has 10 heteroatoms. The van der Waals surface area contributed by atoms with Crippen LogP contribution in [0.25, 0.3) is 33.3 Å². The highest BCUT2D eigenvalue weighted by Crippen LogP contribution is 2.42. The van der Waals surface area contributed by atoms with E-state index < -0.39 is 27.0 Å². The number of fused-ring (bicyclic) bond motifs is 5. The van der Waals surface area contributed by atoms with Crippen LogP contribution in [0.15, 0.2) is 30.5 Å². The first kappa shape index (κ1) is 17.9. The number of rotatable bonds is 2. The maximum Gasteiger partial charge on any atom is 0.319 e. The number of hydrogen-bond acceptors (Lipinski definition) is 8. The summed E-state index contributed by atoms with van der Waals surface area (Å²) in [5.41, 5.74) is 2.78. The molecule has 0 unspecified atom stereocenters. The third kappa shape index (κ3) is 2.54. The minimum Gasteiger partial charge on any atom is -0.501 e. The summed E-state index contributed by atoms with van der Waals surface area (Å²) >= 11 is 0. The van der Waals surface area contributed by atoms with E-state index in [2.05, 4.69) is 15.0 Å². The van der Waals surface area contributed by atoms with Crippen molar-refractivity contribution < 1.29 is 15.0 Å². The molecule has 3 aromatic heterocycles. The Morgan fingerprint density at radius 2 is 1.60 bits per heavy atom. The number of aryl methyl sites for hydroxylation is 3. The highest BCUT2D eigenvalue weighted by Gasteiger charge is 2.29. The number of benzene rings is 1. The van der Waals surface area contributed by atoms with E-state index in [-0.39, 0.29) is 10.9 Å². The molecule has 1 N–H and O–H groups in total. The summed E-state index contributed by atoms with van der Waals surface area (Å²) in [5.74, 6) is -0.704. The zero-order valence-electron chi connectivity index (χ0n) is 15.6. The molecule has 0 saturated carbocycles. The topological polar surface area (TPSA) is 145 Å². The number of nitro benzene ring substituents is 2. The van der Waals surface area contributed by atoms with Gasteiger partial charge in [0, 0.05) is 11.6 Å².